The molecule has 3 aromatic rings. The van der Waals surface area contributed by atoms with E-state index in [-0.39, 0.29) is 24.6 Å². The Balaban J connectivity index is 1.71. The quantitative estimate of drug-likeness (QED) is 0.523. The number of methoxy groups -OCH3 is 2. The number of carbonyl (C=O) groups excluding carboxylic acids is 2. The maximum atomic E-state index is 13.2. The van der Waals surface area contributed by atoms with Crippen molar-refractivity contribution in [3.63, 3.8) is 0 Å². The van der Waals surface area contributed by atoms with Gasteiger partial charge in [0.2, 0.25) is 5.91 Å². The molecule has 4 rings (SSSR count). The van der Waals surface area contributed by atoms with Crippen LogP contribution in [-0.2, 0) is 16.1 Å². The van der Waals surface area contributed by atoms with Crippen LogP contribution in [0.2, 0.25) is 0 Å². The van der Waals surface area contributed by atoms with Crippen LogP contribution in [0.3, 0.4) is 0 Å². The third-order valence-corrected chi connectivity index (χ3v) is 5.73. The monoisotopic (exact) mass is 472 g/mol. The van der Waals surface area contributed by atoms with Crippen LogP contribution in [0.15, 0.2) is 72.8 Å². The number of amides is 2. The molecule has 178 valence electrons. The number of para-hydroxylation sites is 2. The maximum absolute atomic E-state index is 13.2. The lowest BCUT2D eigenvalue weighted by Gasteiger charge is -2.36. The molecule has 0 spiro atoms. The number of aromatic carboxylic acids is 1. The second-order valence-electron chi connectivity index (χ2n) is 7.80. The second kappa shape index (κ2) is 10.1. The van der Waals surface area contributed by atoms with Gasteiger partial charge in [0.25, 0.3) is 5.91 Å². The molecular formula is C27H24N2O6. The van der Waals surface area contributed by atoms with Crippen molar-refractivity contribution in [2.45, 2.75) is 6.54 Å². The summed E-state index contributed by atoms with van der Waals surface area (Å²) in [5.41, 5.74) is 2.28. The Morgan fingerprint density at radius 3 is 2.34 bits per heavy atom. The first kappa shape index (κ1) is 23.6. The van der Waals surface area contributed by atoms with Crippen molar-refractivity contribution in [3.05, 3.63) is 89.5 Å². The second-order valence-corrected chi connectivity index (χ2v) is 7.80. The Morgan fingerprint density at radius 1 is 0.943 bits per heavy atom. The van der Waals surface area contributed by atoms with Gasteiger partial charge >= 0.3 is 5.97 Å². The van der Waals surface area contributed by atoms with E-state index in [4.69, 9.17) is 9.47 Å². The number of fused-ring (bicyclic) bond motifs is 1. The van der Waals surface area contributed by atoms with E-state index in [0.29, 0.717) is 28.4 Å². The van der Waals surface area contributed by atoms with E-state index in [9.17, 15) is 19.5 Å². The number of anilines is 2. The minimum atomic E-state index is -1.13. The first-order valence-corrected chi connectivity index (χ1v) is 10.8. The molecule has 0 atom stereocenters. The number of carboxylic acid groups (broad SMARTS) is 1. The fourth-order valence-electron chi connectivity index (χ4n) is 3.97. The highest BCUT2D eigenvalue weighted by molar-refractivity contribution is 6.15. The van der Waals surface area contributed by atoms with Gasteiger partial charge in [-0.05, 0) is 36.4 Å². The molecule has 0 saturated carbocycles. The number of ether oxygens (including phenoxy) is 2. The number of hydrogen-bond donors (Lipinski definition) is 1. The molecule has 0 unspecified atom stereocenters. The lowest BCUT2D eigenvalue weighted by molar-refractivity contribution is -0.120. The first-order chi connectivity index (χ1) is 16.9. The van der Waals surface area contributed by atoms with E-state index in [1.165, 1.54) is 35.1 Å². The van der Waals surface area contributed by atoms with Gasteiger partial charge in [-0.25, -0.2) is 4.79 Å². The van der Waals surface area contributed by atoms with Crippen molar-refractivity contribution >= 4 is 35.2 Å². The van der Waals surface area contributed by atoms with Crippen molar-refractivity contribution in [3.8, 4) is 11.5 Å². The van der Waals surface area contributed by atoms with Gasteiger partial charge in [-0.2, -0.15) is 0 Å². The van der Waals surface area contributed by atoms with E-state index < -0.39 is 11.9 Å². The van der Waals surface area contributed by atoms with Gasteiger partial charge in [0.15, 0.2) is 0 Å². The summed E-state index contributed by atoms with van der Waals surface area (Å²) >= 11 is 0. The van der Waals surface area contributed by atoms with Crippen LogP contribution in [0.1, 0.15) is 21.5 Å². The third-order valence-electron chi connectivity index (χ3n) is 5.73. The SMILES string of the molecule is COc1ccccc1/C=C/C(=O)N1CC(=O)N(Cc2ccccc2OC)c2ccc(C(=O)O)cc21. The number of carboxylic acids is 1. The lowest BCUT2D eigenvalue weighted by Crippen LogP contribution is -2.47. The largest absolute Gasteiger partial charge is 0.496 e. The smallest absolute Gasteiger partial charge is 0.335 e. The average molecular weight is 472 g/mol. The lowest BCUT2D eigenvalue weighted by atomic mass is 10.1. The molecule has 0 saturated heterocycles. The van der Waals surface area contributed by atoms with Crippen molar-refractivity contribution in [2.24, 2.45) is 0 Å². The van der Waals surface area contributed by atoms with Gasteiger partial charge < -0.3 is 19.5 Å². The maximum Gasteiger partial charge on any atom is 0.335 e. The Labute approximate surface area is 202 Å². The van der Waals surface area contributed by atoms with Crippen LogP contribution >= 0.6 is 0 Å². The molecule has 0 aliphatic carbocycles. The zero-order valence-corrected chi connectivity index (χ0v) is 19.3. The normalized spacial score (nSPS) is 13.0. The van der Waals surface area contributed by atoms with Gasteiger partial charge in [0.05, 0.1) is 37.7 Å². The van der Waals surface area contributed by atoms with Crippen LogP contribution in [-0.4, -0.2) is 43.7 Å². The van der Waals surface area contributed by atoms with Crippen LogP contribution in [0, 0.1) is 0 Å². The summed E-state index contributed by atoms with van der Waals surface area (Å²) in [4.78, 5) is 40.8. The van der Waals surface area contributed by atoms with Gasteiger partial charge in [0.1, 0.15) is 18.0 Å². The van der Waals surface area contributed by atoms with E-state index >= 15 is 0 Å². The molecule has 3 aromatic carbocycles. The van der Waals surface area contributed by atoms with E-state index in [1.807, 2.05) is 30.3 Å². The van der Waals surface area contributed by atoms with Crippen molar-refractivity contribution < 1.29 is 29.0 Å². The molecule has 0 fully saturated rings. The summed E-state index contributed by atoms with van der Waals surface area (Å²) in [6.07, 6.45) is 2.95. The molecule has 0 bridgehead atoms. The van der Waals surface area contributed by atoms with E-state index in [1.54, 1.807) is 37.5 Å². The highest BCUT2D eigenvalue weighted by atomic mass is 16.5. The third kappa shape index (κ3) is 4.86. The van der Waals surface area contributed by atoms with Crippen LogP contribution < -0.4 is 19.3 Å². The molecule has 1 aliphatic heterocycles. The molecule has 0 radical (unpaired) electrons. The Bertz CT molecular complexity index is 1320. The summed E-state index contributed by atoms with van der Waals surface area (Å²) in [6, 6.07) is 18.9. The Kier molecular flexibility index (Phi) is 6.82. The van der Waals surface area contributed by atoms with Crippen molar-refractivity contribution in [2.75, 3.05) is 30.6 Å². The molecule has 0 aromatic heterocycles. The molecule has 1 N–H and O–H groups in total. The highest BCUT2D eigenvalue weighted by Gasteiger charge is 2.33. The minimum absolute atomic E-state index is 0.0156. The Hall–Kier alpha value is -4.59. The summed E-state index contributed by atoms with van der Waals surface area (Å²) < 4.78 is 10.7. The summed E-state index contributed by atoms with van der Waals surface area (Å²) in [5, 5.41) is 9.51. The topological polar surface area (TPSA) is 96.4 Å². The van der Waals surface area contributed by atoms with Gasteiger partial charge in [-0.3, -0.25) is 14.5 Å². The van der Waals surface area contributed by atoms with Crippen LogP contribution in [0.5, 0.6) is 11.5 Å². The molecule has 35 heavy (non-hydrogen) atoms. The molecule has 1 aliphatic rings. The van der Waals surface area contributed by atoms with E-state index in [2.05, 4.69) is 0 Å². The highest BCUT2D eigenvalue weighted by Crippen LogP contribution is 2.37. The van der Waals surface area contributed by atoms with E-state index in [0.717, 1.165) is 5.56 Å². The van der Waals surface area contributed by atoms with Crippen LogP contribution in [0.4, 0.5) is 11.4 Å². The molecular weight excluding hydrogens is 448 g/mol. The average Bonchev–Trinajstić information content (AvgIpc) is 2.88. The number of hydrogen-bond acceptors (Lipinski definition) is 5. The summed E-state index contributed by atoms with van der Waals surface area (Å²) in [5.74, 6) is -0.654. The number of benzene rings is 3. The standard InChI is InChI=1S/C27H24N2O6/c1-34-23-9-5-3-7-18(23)12-14-25(30)29-17-26(31)28(16-20-8-4-6-10-24(20)35-2)21-13-11-19(27(32)33)15-22(21)29/h3-15H,16-17H2,1-2H3,(H,32,33)/b14-12+. The number of carbonyl (C=O) groups is 3. The molecule has 8 heteroatoms. The predicted octanol–water partition coefficient (Wildman–Crippen LogP) is 4.00. The van der Waals surface area contributed by atoms with Gasteiger partial charge in [-0.1, -0.05) is 36.4 Å². The molecule has 2 amide bonds. The van der Waals surface area contributed by atoms with Gasteiger partial charge in [0, 0.05) is 17.2 Å². The fourth-order valence-corrected chi connectivity index (χ4v) is 3.97. The fraction of sp³-hybridized carbons (Fsp3) is 0.148. The zero-order valence-electron chi connectivity index (χ0n) is 19.3. The first-order valence-electron chi connectivity index (χ1n) is 10.8. The van der Waals surface area contributed by atoms with Crippen LogP contribution in [0.25, 0.3) is 6.08 Å². The summed E-state index contributed by atoms with van der Waals surface area (Å²) in [7, 11) is 3.09. The van der Waals surface area contributed by atoms with Gasteiger partial charge in [-0.15, -0.1) is 0 Å². The predicted molar refractivity (Wildman–Crippen MR) is 132 cm³/mol. The zero-order chi connectivity index (χ0) is 24.9. The Morgan fingerprint density at radius 2 is 1.63 bits per heavy atom. The number of nitrogens with zero attached hydrogens (tertiary/aromatic N) is 2. The molecule has 8 nitrogen and oxygen atoms in total. The molecule has 1 heterocycles. The minimum Gasteiger partial charge on any atom is -0.496 e. The summed E-state index contributed by atoms with van der Waals surface area (Å²) in [6.45, 7) is -0.0261. The van der Waals surface area contributed by atoms with Crippen molar-refractivity contribution in [1.82, 2.24) is 0 Å². The van der Waals surface area contributed by atoms with Crippen molar-refractivity contribution in [1.29, 1.82) is 0 Å². The number of rotatable bonds is 7.